The second-order valence-corrected chi connectivity index (χ2v) is 9.69. The summed E-state index contributed by atoms with van der Waals surface area (Å²) in [7, 11) is 1.83. The maximum absolute atomic E-state index is 13.1. The van der Waals surface area contributed by atoms with E-state index in [1.807, 2.05) is 38.8 Å². The Bertz CT molecular complexity index is 815. The van der Waals surface area contributed by atoms with E-state index in [2.05, 4.69) is 21.8 Å². The molecule has 1 spiro atoms. The Kier molecular flexibility index (Phi) is 6.81. The average molecular weight is 431 g/mol. The Balaban J connectivity index is 1.96. The van der Waals surface area contributed by atoms with Crippen LogP contribution in [0.5, 0.6) is 0 Å². The van der Waals surface area contributed by atoms with Crippen LogP contribution in [0.4, 0.5) is 16.3 Å². The minimum Gasteiger partial charge on any atom is -0.444 e. The highest BCUT2D eigenvalue weighted by Crippen LogP contribution is 2.41. The van der Waals surface area contributed by atoms with E-state index in [-0.39, 0.29) is 11.6 Å². The molecule has 1 amide bonds. The van der Waals surface area contributed by atoms with Crippen LogP contribution in [-0.4, -0.2) is 60.0 Å². The molecular formula is C23H38N6O2. The molecule has 1 aromatic rings. The summed E-state index contributed by atoms with van der Waals surface area (Å²) in [5.74, 6) is 0.704. The van der Waals surface area contributed by atoms with Crippen LogP contribution in [0.1, 0.15) is 58.4 Å². The van der Waals surface area contributed by atoms with E-state index in [0.29, 0.717) is 11.4 Å². The molecule has 8 nitrogen and oxygen atoms in total. The molecule has 3 heterocycles. The van der Waals surface area contributed by atoms with Crippen molar-refractivity contribution in [3.63, 3.8) is 0 Å². The van der Waals surface area contributed by atoms with E-state index in [4.69, 9.17) is 16.2 Å². The van der Waals surface area contributed by atoms with Crippen molar-refractivity contribution < 1.29 is 9.53 Å². The Hall–Kier alpha value is -2.32. The fraction of sp³-hybridized carbons (Fsp3) is 0.652. The van der Waals surface area contributed by atoms with Crippen molar-refractivity contribution in [1.82, 2.24) is 9.88 Å². The van der Waals surface area contributed by atoms with Gasteiger partial charge in [-0.3, -0.25) is 0 Å². The molecule has 0 bridgehead atoms. The van der Waals surface area contributed by atoms with Crippen LogP contribution >= 0.6 is 0 Å². The summed E-state index contributed by atoms with van der Waals surface area (Å²) in [4.78, 5) is 21.9. The Labute approximate surface area is 186 Å². The van der Waals surface area contributed by atoms with Crippen molar-refractivity contribution in [2.75, 3.05) is 36.9 Å². The number of rotatable bonds is 4. The van der Waals surface area contributed by atoms with Gasteiger partial charge in [0.1, 0.15) is 11.4 Å². The molecule has 1 unspecified atom stereocenters. The largest absolute Gasteiger partial charge is 0.444 e. The number of aromatic nitrogens is 1. The van der Waals surface area contributed by atoms with Crippen LogP contribution in [0.3, 0.4) is 0 Å². The zero-order valence-electron chi connectivity index (χ0n) is 19.4. The van der Waals surface area contributed by atoms with Gasteiger partial charge in [-0.15, -0.1) is 0 Å². The van der Waals surface area contributed by atoms with Crippen molar-refractivity contribution in [1.29, 1.82) is 0 Å². The lowest BCUT2D eigenvalue weighted by atomic mass is 9.79. The van der Waals surface area contributed by atoms with Gasteiger partial charge in [0.2, 0.25) is 0 Å². The SMILES string of the molecule is C=C(c1c(N2CCCC3(CCCCN3C(=O)OC(C)(C)C)C2)ccnc1NC)C(N)N. The average Bonchev–Trinajstić information content (AvgIpc) is 2.71. The fourth-order valence-corrected chi connectivity index (χ4v) is 4.83. The summed E-state index contributed by atoms with van der Waals surface area (Å²) in [6.45, 7) is 12.2. The fourth-order valence-electron chi connectivity index (χ4n) is 4.83. The van der Waals surface area contributed by atoms with Crippen LogP contribution in [0, 0.1) is 0 Å². The van der Waals surface area contributed by atoms with Gasteiger partial charge in [-0.25, -0.2) is 9.78 Å². The van der Waals surface area contributed by atoms with E-state index < -0.39 is 11.8 Å². The van der Waals surface area contributed by atoms with Gasteiger partial charge in [-0.1, -0.05) is 6.58 Å². The normalized spacial score (nSPS) is 22.0. The predicted molar refractivity (Wildman–Crippen MR) is 126 cm³/mol. The number of hydrogen-bond acceptors (Lipinski definition) is 7. The molecule has 5 N–H and O–H groups in total. The monoisotopic (exact) mass is 430 g/mol. The second-order valence-electron chi connectivity index (χ2n) is 9.69. The zero-order valence-corrected chi connectivity index (χ0v) is 19.4. The molecule has 8 heteroatoms. The van der Waals surface area contributed by atoms with Gasteiger partial charge in [0, 0.05) is 44.1 Å². The number of carbonyl (C=O) groups excluding carboxylic acids is 1. The highest BCUT2D eigenvalue weighted by Gasteiger charge is 2.46. The number of hydrogen-bond donors (Lipinski definition) is 3. The second kappa shape index (κ2) is 9.04. The first-order valence-electron chi connectivity index (χ1n) is 11.2. The molecule has 0 saturated carbocycles. The Morgan fingerprint density at radius 3 is 2.61 bits per heavy atom. The third kappa shape index (κ3) is 4.96. The lowest BCUT2D eigenvalue weighted by molar-refractivity contribution is -0.0199. The summed E-state index contributed by atoms with van der Waals surface area (Å²) in [5, 5.41) is 3.14. The Morgan fingerprint density at radius 2 is 1.97 bits per heavy atom. The molecular weight excluding hydrogens is 392 g/mol. The van der Waals surface area contributed by atoms with Crippen LogP contribution in [0.15, 0.2) is 18.8 Å². The molecule has 2 fully saturated rings. The Morgan fingerprint density at radius 1 is 1.26 bits per heavy atom. The highest BCUT2D eigenvalue weighted by atomic mass is 16.6. The molecule has 2 aliphatic heterocycles. The molecule has 172 valence electrons. The van der Waals surface area contributed by atoms with Crippen molar-refractivity contribution in [3.8, 4) is 0 Å². The van der Waals surface area contributed by atoms with E-state index >= 15 is 0 Å². The number of nitrogens with one attached hydrogen (secondary N) is 1. The number of pyridine rings is 1. The maximum atomic E-state index is 13.1. The minimum absolute atomic E-state index is 0.215. The van der Waals surface area contributed by atoms with Gasteiger partial charge in [-0.05, 0) is 64.5 Å². The lowest BCUT2D eigenvalue weighted by Gasteiger charge is -2.52. The van der Waals surface area contributed by atoms with Crippen LogP contribution in [0.25, 0.3) is 5.57 Å². The summed E-state index contributed by atoms with van der Waals surface area (Å²) in [6, 6.07) is 1.99. The molecule has 31 heavy (non-hydrogen) atoms. The van der Waals surface area contributed by atoms with Gasteiger partial charge in [-0.2, -0.15) is 0 Å². The van der Waals surface area contributed by atoms with E-state index in [1.165, 1.54) is 0 Å². The standard InChI is InChI=1S/C23H38N6O2/c1-16(19(24)25)18-17(9-12-27-20(18)26-5)28-13-8-11-23(15-28)10-6-7-14-29(23)21(30)31-22(2,3)4/h9,12,19H,1,6-8,10-11,13-15,24-25H2,2-5H3,(H,26,27). The molecule has 3 rings (SSSR count). The van der Waals surface area contributed by atoms with E-state index in [1.54, 1.807) is 6.20 Å². The first-order valence-corrected chi connectivity index (χ1v) is 11.2. The number of ether oxygens (including phenoxy) is 1. The van der Waals surface area contributed by atoms with E-state index in [0.717, 1.165) is 63.0 Å². The third-order valence-corrected chi connectivity index (χ3v) is 6.25. The lowest BCUT2D eigenvalue weighted by Crippen LogP contribution is -2.63. The number of anilines is 2. The number of piperidine rings is 2. The number of carbonyl (C=O) groups is 1. The first kappa shape index (κ1) is 23.3. The van der Waals surface area contributed by atoms with Crippen LogP contribution < -0.4 is 21.7 Å². The topological polar surface area (TPSA) is 110 Å². The van der Waals surface area contributed by atoms with Crippen LogP contribution in [0.2, 0.25) is 0 Å². The number of nitrogens with zero attached hydrogens (tertiary/aromatic N) is 3. The third-order valence-electron chi connectivity index (χ3n) is 6.25. The van der Waals surface area contributed by atoms with Crippen LogP contribution in [-0.2, 0) is 4.74 Å². The first-order chi connectivity index (χ1) is 14.6. The highest BCUT2D eigenvalue weighted by molar-refractivity contribution is 5.85. The molecule has 2 aliphatic rings. The maximum Gasteiger partial charge on any atom is 0.410 e. The van der Waals surface area contributed by atoms with Crippen molar-refractivity contribution >= 4 is 23.2 Å². The smallest absolute Gasteiger partial charge is 0.410 e. The number of likely N-dealkylation sites (tertiary alicyclic amines) is 1. The summed E-state index contributed by atoms with van der Waals surface area (Å²) in [5.41, 5.74) is 13.7. The van der Waals surface area contributed by atoms with Gasteiger partial charge in [0.25, 0.3) is 0 Å². The summed E-state index contributed by atoms with van der Waals surface area (Å²) >= 11 is 0. The minimum atomic E-state index is -0.679. The predicted octanol–water partition coefficient (Wildman–Crippen LogP) is 3.14. The quantitative estimate of drug-likeness (QED) is 0.630. The van der Waals surface area contributed by atoms with Gasteiger partial charge < -0.3 is 31.3 Å². The van der Waals surface area contributed by atoms with E-state index in [9.17, 15) is 4.79 Å². The van der Waals surface area contributed by atoms with Crippen molar-refractivity contribution in [2.45, 2.75) is 70.2 Å². The molecule has 0 aromatic carbocycles. The van der Waals surface area contributed by atoms with Crippen molar-refractivity contribution in [2.24, 2.45) is 11.5 Å². The molecule has 1 aromatic heterocycles. The van der Waals surface area contributed by atoms with Gasteiger partial charge in [0.15, 0.2) is 0 Å². The summed E-state index contributed by atoms with van der Waals surface area (Å²) in [6.07, 6.45) is 5.93. The van der Waals surface area contributed by atoms with Crippen molar-refractivity contribution in [3.05, 3.63) is 24.4 Å². The van der Waals surface area contributed by atoms with Gasteiger partial charge >= 0.3 is 6.09 Å². The number of amides is 1. The molecule has 0 aliphatic carbocycles. The number of nitrogens with two attached hydrogens (primary N) is 2. The molecule has 0 radical (unpaired) electrons. The molecule has 1 atom stereocenters. The molecule has 2 saturated heterocycles. The summed E-state index contributed by atoms with van der Waals surface area (Å²) < 4.78 is 5.78. The van der Waals surface area contributed by atoms with Gasteiger partial charge in [0.05, 0.1) is 11.7 Å². The zero-order chi connectivity index (χ0) is 22.8.